The molecule has 0 aliphatic heterocycles. The quantitative estimate of drug-likeness (QED) is 0.659. The van der Waals surface area contributed by atoms with Crippen molar-refractivity contribution in [2.75, 3.05) is 20.2 Å². The van der Waals surface area contributed by atoms with Crippen LogP contribution in [0.3, 0.4) is 0 Å². The van der Waals surface area contributed by atoms with Gasteiger partial charge >= 0.3 is 0 Å². The summed E-state index contributed by atoms with van der Waals surface area (Å²) in [7, 11) is 1.83. The zero-order chi connectivity index (χ0) is 16.5. The van der Waals surface area contributed by atoms with Crippen molar-refractivity contribution in [1.82, 2.24) is 9.88 Å². The molecule has 0 atom stereocenters. The van der Waals surface area contributed by atoms with Crippen molar-refractivity contribution < 1.29 is 9.53 Å². The van der Waals surface area contributed by atoms with Crippen molar-refractivity contribution in [2.24, 2.45) is 0 Å². The first-order chi connectivity index (χ1) is 11.1. The maximum Gasteiger partial charge on any atom is 0.222 e. The molecule has 1 aromatic heterocycles. The van der Waals surface area contributed by atoms with Gasteiger partial charge in [0.15, 0.2) is 0 Å². The van der Waals surface area contributed by atoms with Gasteiger partial charge in [0.05, 0.1) is 6.61 Å². The fourth-order valence-electron chi connectivity index (χ4n) is 2.11. The highest BCUT2D eigenvalue weighted by atomic mass is 79.9. The fraction of sp³-hybridized carbons (Fsp3) is 0.333. The highest BCUT2D eigenvalue weighted by Gasteiger charge is 2.08. The minimum Gasteiger partial charge on any atom is -0.494 e. The second kappa shape index (κ2) is 9.30. The average Bonchev–Trinajstić information content (AvgIpc) is 2.57. The first kappa shape index (κ1) is 17.5. The van der Waals surface area contributed by atoms with E-state index in [1.165, 1.54) is 0 Å². The minimum absolute atomic E-state index is 0.138. The van der Waals surface area contributed by atoms with E-state index in [0.29, 0.717) is 26.0 Å². The second-order valence-corrected chi connectivity index (χ2v) is 6.21. The summed E-state index contributed by atoms with van der Waals surface area (Å²) in [6, 6.07) is 13.5. The molecule has 0 N–H and O–H groups in total. The van der Waals surface area contributed by atoms with Crippen molar-refractivity contribution in [2.45, 2.75) is 19.3 Å². The molecule has 0 spiro atoms. The van der Waals surface area contributed by atoms with Crippen LogP contribution < -0.4 is 4.74 Å². The lowest BCUT2D eigenvalue weighted by Gasteiger charge is -2.17. The number of halogens is 1. The Bertz CT molecular complexity index is 619. The monoisotopic (exact) mass is 376 g/mol. The Morgan fingerprint density at radius 3 is 2.87 bits per heavy atom. The molecule has 1 heterocycles. The minimum atomic E-state index is 0.138. The van der Waals surface area contributed by atoms with Crippen LogP contribution in [0.25, 0.3) is 0 Å². The van der Waals surface area contributed by atoms with Gasteiger partial charge in [-0.2, -0.15) is 0 Å². The molecule has 0 unspecified atom stereocenters. The molecule has 1 aromatic carbocycles. The van der Waals surface area contributed by atoms with Gasteiger partial charge in [0.2, 0.25) is 5.91 Å². The third-order valence-electron chi connectivity index (χ3n) is 3.46. The molecular weight excluding hydrogens is 356 g/mol. The van der Waals surface area contributed by atoms with E-state index in [2.05, 4.69) is 20.9 Å². The standard InChI is InChI=1S/C18H21BrN2O2/c1-21(12-10-16-7-2-3-11-20-16)18(22)9-5-13-23-17-8-4-6-15(19)14-17/h2-4,6-8,11,14H,5,9-10,12-13H2,1H3. The molecule has 2 rings (SSSR count). The zero-order valence-electron chi connectivity index (χ0n) is 13.2. The van der Waals surface area contributed by atoms with Gasteiger partial charge in [-0.05, 0) is 36.8 Å². The maximum atomic E-state index is 12.1. The van der Waals surface area contributed by atoms with Gasteiger partial charge in [0, 0.05) is 42.8 Å². The van der Waals surface area contributed by atoms with Crippen molar-refractivity contribution in [3.8, 4) is 5.75 Å². The molecule has 0 radical (unpaired) electrons. The summed E-state index contributed by atoms with van der Waals surface area (Å²) >= 11 is 3.40. The van der Waals surface area contributed by atoms with Crippen LogP contribution in [0, 0.1) is 0 Å². The number of likely N-dealkylation sites (N-methyl/N-ethyl adjacent to an activating group) is 1. The molecule has 0 aliphatic carbocycles. The Kier molecular flexibility index (Phi) is 7.07. The van der Waals surface area contributed by atoms with Gasteiger partial charge in [-0.25, -0.2) is 0 Å². The van der Waals surface area contributed by atoms with Crippen LogP contribution in [0.4, 0.5) is 0 Å². The Labute approximate surface area is 145 Å². The summed E-state index contributed by atoms with van der Waals surface area (Å²) in [6.07, 6.45) is 3.75. The predicted octanol–water partition coefficient (Wildman–Crippen LogP) is 3.70. The largest absolute Gasteiger partial charge is 0.494 e. The number of benzene rings is 1. The summed E-state index contributed by atoms with van der Waals surface area (Å²) in [5, 5.41) is 0. The number of aromatic nitrogens is 1. The van der Waals surface area contributed by atoms with Gasteiger partial charge in [-0.3, -0.25) is 9.78 Å². The van der Waals surface area contributed by atoms with Crippen molar-refractivity contribution >= 4 is 21.8 Å². The van der Waals surface area contributed by atoms with E-state index in [1.807, 2.05) is 49.5 Å². The summed E-state index contributed by atoms with van der Waals surface area (Å²) < 4.78 is 6.62. The molecule has 0 fully saturated rings. The van der Waals surface area contributed by atoms with Gasteiger partial charge < -0.3 is 9.64 Å². The number of carbonyl (C=O) groups excluding carboxylic acids is 1. The average molecular weight is 377 g/mol. The molecule has 0 bridgehead atoms. The smallest absolute Gasteiger partial charge is 0.222 e. The van der Waals surface area contributed by atoms with E-state index >= 15 is 0 Å². The summed E-state index contributed by atoms with van der Waals surface area (Å²) in [5.74, 6) is 0.953. The number of ether oxygens (including phenoxy) is 1. The summed E-state index contributed by atoms with van der Waals surface area (Å²) in [5.41, 5.74) is 1.00. The number of nitrogens with zero attached hydrogens (tertiary/aromatic N) is 2. The molecule has 1 amide bonds. The molecule has 23 heavy (non-hydrogen) atoms. The van der Waals surface area contributed by atoms with Crippen molar-refractivity contribution in [1.29, 1.82) is 0 Å². The van der Waals surface area contributed by atoms with E-state index in [4.69, 9.17) is 4.74 Å². The fourth-order valence-corrected chi connectivity index (χ4v) is 2.49. The number of rotatable bonds is 8. The number of amides is 1. The van der Waals surface area contributed by atoms with Gasteiger partial charge in [-0.15, -0.1) is 0 Å². The number of hydrogen-bond acceptors (Lipinski definition) is 3. The third-order valence-corrected chi connectivity index (χ3v) is 3.95. The maximum absolute atomic E-state index is 12.1. The SMILES string of the molecule is CN(CCc1ccccn1)C(=O)CCCOc1cccc(Br)c1. The number of pyridine rings is 1. The van der Waals surface area contributed by atoms with Gasteiger partial charge in [0.25, 0.3) is 0 Å². The molecule has 0 aliphatic rings. The highest BCUT2D eigenvalue weighted by molar-refractivity contribution is 9.10. The molecule has 5 heteroatoms. The Hall–Kier alpha value is -1.88. The normalized spacial score (nSPS) is 10.3. The van der Waals surface area contributed by atoms with Crippen LogP contribution in [0.2, 0.25) is 0 Å². The number of hydrogen-bond donors (Lipinski definition) is 0. The van der Waals surface area contributed by atoms with Crippen LogP contribution in [0.15, 0.2) is 53.1 Å². The van der Waals surface area contributed by atoms with E-state index in [-0.39, 0.29) is 5.91 Å². The zero-order valence-corrected chi connectivity index (χ0v) is 14.8. The van der Waals surface area contributed by atoms with Crippen LogP contribution in [-0.2, 0) is 11.2 Å². The van der Waals surface area contributed by atoms with Crippen molar-refractivity contribution in [3.05, 3.63) is 58.8 Å². The lowest BCUT2D eigenvalue weighted by Crippen LogP contribution is -2.29. The van der Waals surface area contributed by atoms with Crippen LogP contribution in [0.1, 0.15) is 18.5 Å². The first-order valence-electron chi connectivity index (χ1n) is 7.67. The first-order valence-corrected chi connectivity index (χ1v) is 8.46. The van der Waals surface area contributed by atoms with E-state index in [9.17, 15) is 4.79 Å². The summed E-state index contributed by atoms with van der Waals surface area (Å²) in [4.78, 5) is 18.1. The van der Waals surface area contributed by atoms with E-state index in [0.717, 1.165) is 22.3 Å². The summed E-state index contributed by atoms with van der Waals surface area (Å²) in [6.45, 7) is 1.22. The van der Waals surface area contributed by atoms with Gasteiger partial charge in [0.1, 0.15) is 5.75 Å². The van der Waals surface area contributed by atoms with Crippen LogP contribution >= 0.6 is 15.9 Å². The Balaban J connectivity index is 1.64. The Morgan fingerprint density at radius 2 is 2.13 bits per heavy atom. The molecule has 4 nitrogen and oxygen atoms in total. The molecule has 0 saturated carbocycles. The highest BCUT2D eigenvalue weighted by Crippen LogP contribution is 2.17. The topological polar surface area (TPSA) is 42.4 Å². The van der Waals surface area contributed by atoms with Gasteiger partial charge in [-0.1, -0.05) is 28.1 Å². The Morgan fingerprint density at radius 1 is 1.26 bits per heavy atom. The predicted molar refractivity (Wildman–Crippen MR) is 94.4 cm³/mol. The molecular formula is C18H21BrN2O2. The molecule has 0 saturated heterocycles. The molecule has 122 valence electrons. The van der Waals surface area contributed by atoms with Crippen LogP contribution in [0.5, 0.6) is 5.75 Å². The lowest BCUT2D eigenvalue weighted by atomic mass is 10.2. The third kappa shape index (κ3) is 6.40. The van der Waals surface area contributed by atoms with Crippen molar-refractivity contribution in [3.63, 3.8) is 0 Å². The van der Waals surface area contributed by atoms with Crippen LogP contribution in [-0.4, -0.2) is 36.0 Å². The lowest BCUT2D eigenvalue weighted by molar-refractivity contribution is -0.130. The van der Waals surface area contributed by atoms with E-state index < -0.39 is 0 Å². The van der Waals surface area contributed by atoms with E-state index in [1.54, 1.807) is 11.1 Å². The molecule has 2 aromatic rings. The second-order valence-electron chi connectivity index (χ2n) is 5.30. The number of carbonyl (C=O) groups is 1.